The quantitative estimate of drug-likeness (QED) is 0.497. The number of nitrogens with one attached hydrogen (secondary N) is 2. The molecular weight excluding hydrogens is 290 g/mol. The van der Waals surface area contributed by atoms with Crippen LogP contribution in [0.5, 0.6) is 0 Å². The summed E-state index contributed by atoms with van der Waals surface area (Å²) in [5.74, 6) is 1.44. The van der Waals surface area contributed by atoms with Gasteiger partial charge >= 0.3 is 0 Å². The molecule has 8 nitrogen and oxygen atoms in total. The second-order valence-corrected chi connectivity index (χ2v) is 5.95. The van der Waals surface area contributed by atoms with E-state index in [1.165, 1.54) is 11.8 Å². The van der Waals surface area contributed by atoms with Crippen LogP contribution < -0.4 is 21.5 Å². The first-order chi connectivity index (χ1) is 10.2. The number of piperazine rings is 1. The second kappa shape index (κ2) is 6.04. The van der Waals surface area contributed by atoms with Gasteiger partial charge in [-0.1, -0.05) is 11.8 Å². The van der Waals surface area contributed by atoms with Crippen LogP contribution in [0.3, 0.4) is 0 Å². The Kier molecular flexibility index (Phi) is 4.13. The van der Waals surface area contributed by atoms with Crippen molar-refractivity contribution in [3.63, 3.8) is 0 Å². The van der Waals surface area contributed by atoms with Gasteiger partial charge in [0.1, 0.15) is 0 Å². The number of hydrogen-bond donors (Lipinski definition) is 3. The van der Waals surface area contributed by atoms with Crippen molar-refractivity contribution >= 4 is 28.9 Å². The zero-order valence-corrected chi connectivity index (χ0v) is 12.7. The first-order valence-electron chi connectivity index (χ1n) is 6.96. The summed E-state index contributed by atoms with van der Waals surface area (Å²) in [6.07, 6.45) is 0. The molecule has 1 aliphatic rings. The van der Waals surface area contributed by atoms with Gasteiger partial charge in [0.25, 0.3) is 5.56 Å². The van der Waals surface area contributed by atoms with Crippen molar-refractivity contribution in [3.05, 3.63) is 10.4 Å². The average Bonchev–Trinajstić information content (AvgIpc) is 2.94. The number of fused-ring (bicyclic) bond motifs is 1. The Labute approximate surface area is 126 Å². The highest BCUT2D eigenvalue weighted by atomic mass is 32.2. The molecule has 1 aliphatic heterocycles. The summed E-state index contributed by atoms with van der Waals surface area (Å²) in [7, 11) is 1.72. The molecule has 0 saturated carbocycles. The maximum atomic E-state index is 12.4. The van der Waals surface area contributed by atoms with Gasteiger partial charge in [0.05, 0.1) is 0 Å². The summed E-state index contributed by atoms with van der Waals surface area (Å²) in [6.45, 7) is 4.12. The van der Waals surface area contributed by atoms with Gasteiger partial charge < -0.3 is 20.9 Å². The zero-order valence-electron chi connectivity index (χ0n) is 11.9. The number of thioether (sulfide) groups is 1. The Morgan fingerprint density at radius 1 is 1.33 bits per heavy atom. The molecule has 0 aromatic carbocycles. The Morgan fingerprint density at radius 3 is 2.81 bits per heavy atom. The normalized spacial score (nSPS) is 15.8. The predicted molar refractivity (Wildman–Crippen MR) is 84.0 cm³/mol. The smallest absolute Gasteiger partial charge is 0.280 e. The lowest BCUT2D eigenvalue weighted by Crippen LogP contribution is -2.44. The molecule has 2 aromatic rings. The van der Waals surface area contributed by atoms with E-state index in [4.69, 9.17) is 5.73 Å². The number of hydrogen-bond acceptors (Lipinski definition) is 7. The van der Waals surface area contributed by atoms with Crippen LogP contribution in [-0.4, -0.2) is 58.0 Å². The lowest BCUT2D eigenvalue weighted by molar-refractivity contribution is 0.582. The third-order valence-electron chi connectivity index (χ3n) is 3.44. The fraction of sp³-hybridized carbons (Fsp3) is 0.583. The summed E-state index contributed by atoms with van der Waals surface area (Å²) in [4.78, 5) is 26.6. The number of anilines is 1. The summed E-state index contributed by atoms with van der Waals surface area (Å²) in [5, 5.41) is 3.94. The molecule has 2 aromatic heterocycles. The van der Waals surface area contributed by atoms with Crippen molar-refractivity contribution in [2.45, 2.75) is 5.16 Å². The van der Waals surface area contributed by atoms with Crippen LogP contribution in [0, 0.1) is 0 Å². The van der Waals surface area contributed by atoms with Crippen molar-refractivity contribution in [1.82, 2.24) is 24.8 Å². The summed E-state index contributed by atoms with van der Waals surface area (Å²) >= 11 is 1.47. The summed E-state index contributed by atoms with van der Waals surface area (Å²) < 4.78 is 1.54. The summed E-state index contributed by atoms with van der Waals surface area (Å²) in [5.41, 5.74) is 6.34. The van der Waals surface area contributed by atoms with E-state index in [1.54, 1.807) is 11.6 Å². The van der Waals surface area contributed by atoms with E-state index < -0.39 is 0 Å². The number of rotatable bonds is 4. The van der Waals surface area contributed by atoms with Gasteiger partial charge in [0, 0.05) is 45.5 Å². The molecule has 0 radical (unpaired) electrons. The van der Waals surface area contributed by atoms with Crippen LogP contribution >= 0.6 is 11.8 Å². The van der Waals surface area contributed by atoms with Crippen LogP contribution in [0.1, 0.15) is 0 Å². The third kappa shape index (κ3) is 2.76. The largest absolute Gasteiger partial charge is 0.340 e. The maximum absolute atomic E-state index is 12.4. The molecular formula is C12H19N7OS. The highest BCUT2D eigenvalue weighted by molar-refractivity contribution is 7.99. The van der Waals surface area contributed by atoms with Crippen molar-refractivity contribution in [3.8, 4) is 0 Å². The molecule has 0 amide bonds. The maximum Gasteiger partial charge on any atom is 0.280 e. The average molecular weight is 309 g/mol. The minimum atomic E-state index is -0.103. The molecule has 114 valence electrons. The van der Waals surface area contributed by atoms with Gasteiger partial charge in [-0.05, 0) is 0 Å². The van der Waals surface area contributed by atoms with E-state index in [0.717, 1.165) is 37.9 Å². The van der Waals surface area contributed by atoms with Crippen molar-refractivity contribution in [2.75, 3.05) is 43.4 Å². The second-order valence-electron chi connectivity index (χ2n) is 4.89. The standard InChI is InChI=1S/C12H19N7OS/c1-18-10(20)8-9(17-12(18)21-7-2-13)16-11(15-8)19-5-3-14-4-6-19/h14H,2-7,13H2,1H3,(H,15,16). The van der Waals surface area contributed by atoms with Crippen molar-refractivity contribution < 1.29 is 0 Å². The number of nitrogens with zero attached hydrogens (tertiary/aromatic N) is 4. The van der Waals surface area contributed by atoms with Gasteiger partial charge in [0.15, 0.2) is 16.3 Å². The lowest BCUT2D eigenvalue weighted by Gasteiger charge is -2.26. The highest BCUT2D eigenvalue weighted by Crippen LogP contribution is 2.18. The molecule has 1 fully saturated rings. The van der Waals surface area contributed by atoms with Gasteiger partial charge in [-0.15, -0.1) is 0 Å². The monoisotopic (exact) mass is 309 g/mol. The molecule has 3 rings (SSSR count). The van der Waals surface area contributed by atoms with Crippen molar-refractivity contribution in [2.24, 2.45) is 12.8 Å². The first-order valence-corrected chi connectivity index (χ1v) is 7.94. The molecule has 21 heavy (non-hydrogen) atoms. The third-order valence-corrected chi connectivity index (χ3v) is 4.51. The number of nitrogens with two attached hydrogens (primary N) is 1. The van der Waals surface area contributed by atoms with Crippen LogP contribution in [-0.2, 0) is 7.05 Å². The molecule has 1 saturated heterocycles. The predicted octanol–water partition coefficient (Wildman–Crippen LogP) is -0.883. The first kappa shape index (κ1) is 14.4. The number of aromatic nitrogens is 4. The molecule has 0 bridgehead atoms. The molecule has 0 atom stereocenters. The van der Waals surface area contributed by atoms with Crippen LogP contribution in [0.4, 0.5) is 5.95 Å². The minimum Gasteiger partial charge on any atom is -0.340 e. The Morgan fingerprint density at radius 2 is 2.10 bits per heavy atom. The lowest BCUT2D eigenvalue weighted by atomic mass is 10.4. The molecule has 9 heteroatoms. The fourth-order valence-corrected chi connectivity index (χ4v) is 3.04. The molecule has 3 heterocycles. The van der Waals surface area contributed by atoms with Crippen LogP contribution in [0.15, 0.2) is 9.95 Å². The van der Waals surface area contributed by atoms with Gasteiger partial charge in [-0.3, -0.25) is 9.36 Å². The molecule has 0 spiro atoms. The van der Waals surface area contributed by atoms with E-state index >= 15 is 0 Å². The zero-order chi connectivity index (χ0) is 14.8. The fourth-order valence-electron chi connectivity index (χ4n) is 2.31. The van der Waals surface area contributed by atoms with E-state index in [9.17, 15) is 4.79 Å². The van der Waals surface area contributed by atoms with Gasteiger partial charge in [0.2, 0.25) is 5.95 Å². The summed E-state index contributed by atoms with van der Waals surface area (Å²) in [6, 6.07) is 0. The Hall–Kier alpha value is -1.58. The van der Waals surface area contributed by atoms with Gasteiger partial charge in [-0.25, -0.2) is 4.98 Å². The molecule has 0 aliphatic carbocycles. The number of aromatic amines is 1. The van der Waals surface area contributed by atoms with E-state index in [0.29, 0.717) is 22.9 Å². The Balaban J connectivity index is 2.00. The topological polar surface area (TPSA) is 105 Å². The molecule has 4 N–H and O–H groups in total. The van der Waals surface area contributed by atoms with Crippen LogP contribution in [0.2, 0.25) is 0 Å². The van der Waals surface area contributed by atoms with Crippen molar-refractivity contribution in [1.29, 1.82) is 0 Å². The SMILES string of the molecule is Cn1c(SCCN)nc2nc(N3CCNCC3)[nH]c2c1=O. The molecule has 0 unspecified atom stereocenters. The Bertz CT molecular complexity index is 689. The van der Waals surface area contributed by atoms with Crippen LogP contribution in [0.25, 0.3) is 11.2 Å². The van der Waals surface area contributed by atoms with E-state index in [1.807, 2.05) is 0 Å². The van der Waals surface area contributed by atoms with E-state index in [2.05, 4.69) is 25.2 Å². The number of H-pyrrole nitrogens is 1. The highest BCUT2D eigenvalue weighted by Gasteiger charge is 2.18. The number of imidazole rings is 1. The van der Waals surface area contributed by atoms with Gasteiger partial charge in [-0.2, -0.15) is 4.98 Å². The minimum absolute atomic E-state index is 0.103. The van der Waals surface area contributed by atoms with E-state index in [-0.39, 0.29) is 5.56 Å².